The van der Waals surface area contributed by atoms with Gasteiger partial charge in [0.15, 0.2) is 5.82 Å². The van der Waals surface area contributed by atoms with Crippen molar-refractivity contribution in [2.24, 2.45) is 11.8 Å². The summed E-state index contributed by atoms with van der Waals surface area (Å²) in [5.41, 5.74) is 1.46. The summed E-state index contributed by atoms with van der Waals surface area (Å²) in [7, 11) is 0. The molecule has 0 saturated carbocycles. The number of nitrogens with zero attached hydrogens (tertiary/aromatic N) is 3. The van der Waals surface area contributed by atoms with E-state index in [1.807, 2.05) is 29.2 Å². The van der Waals surface area contributed by atoms with Crippen molar-refractivity contribution in [3.05, 3.63) is 34.6 Å². The maximum absolute atomic E-state index is 13.0. The van der Waals surface area contributed by atoms with E-state index < -0.39 is 11.9 Å². The van der Waals surface area contributed by atoms with Crippen molar-refractivity contribution in [2.75, 3.05) is 18.0 Å². The van der Waals surface area contributed by atoms with Crippen LogP contribution in [0.25, 0.3) is 11.0 Å². The Morgan fingerprint density at radius 1 is 1.38 bits per heavy atom. The minimum atomic E-state index is -0.803. The molecule has 1 aromatic carbocycles. The van der Waals surface area contributed by atoms with Crippen LogP contribution in [0, 0.1) is 11.8 Å². The zero-order valence-corrected chi connectivity index (χ0v) is 14.1. The highest BCUT2D eigenvalue weighted by atomic mass is 16.4. The van der Waals surface area contributed by atoms with E-state index in [2.05, 4.69) is 18.8 Å². The molecule has 0 amide bonds. The number of carbonyl (C=O) groups is 1. The third-order valence-electron chi connectivity index (χ3n) is 4.45. The highest BCUT2D eigenvalue weighted by Crippen LogP contribution is 2.22. The number of fused-ring (bicyclic) bond motifs is 1. The van der Waals surface area contributed by atoms with E-state index in [4.69, 9.17) is 0 Å². The number of hydrogen-bond acceptors (Lipinski definition) is 4. The van der Waals surface area contributed by atoms with Crippen molar-refractivity contribution >= 4 is 22.8 Å². The summed E-state index contributed by atoms with van der Waals surface area (Å²) in [6.45, 7) is 5.78. The Balaban J connectivity index is 2.09. The molecule has 1 fully saturated rings. The summed E-state index contributed by atoms with van der Waals surface area (Å²) in [5.74, 6) is -0.539. The van der Waals surface area contributed by atoms with E-state index in [1.165, 1.54) is 0 Å². The number of piperidine rings is 1. The van der Waals surface area contributed by atoms with Crippen LogP contribution in [-0.4, -0.2) is 33.7 Å². The van der Waals surface area contributed by atoms with Crippen LogP contribution in [0.15, 0.2) is 29.1 Å². The first kappa shape index (κ1) is 16.5. The predicted molar refractivity (Wildman–Crippen MR) is 93.4 cm³/mol. The summed E-state index contributed by atoms with van der Waals surface area (Å²) in [6.07, 6.45) is 1.41. The Kier molecular flexibility index (Phi) is 4.55. The van der Waals surface area contributed by atoms with Crippen molar-refractivity contribution < 1.29 is 9.90 Å². The Morgan fingerprint density at radius 3 is 2.83 bits per heavy atom. The molecular formula is C18H23N3O3. The molecule has 2 heterocycles. The molecule has 0 aliphatic carbocycles. The molecule has 0 radical (unpaired) electrons. The lowest BCUT2D eigenvalue weighted by molar-refractivity contribution is -0.141. The van der Waals surface area contributed by atoms with E-state index in [9.17, 15) is 14.7 Å². The summed E-state index contributed by atoms with van der Waals surface area (Å²) in [5, 5.41) is 9.29. The molecule has 1 aromatic heterocycles. The van der Waals surface area contributed by atoms with Gasteiger partial charge in [0.25, 0.3) is 5.56 Å². The van der Waals surface area contributed by atoms with E-state index in [-0.39, 0.29) is 5.56 Å². The summed E-state index contributed by atoms with van der Waals surface area (Å²) in [4.78, 5) is 30.7. The van der Waals surface area contributed by atoms with Crippen LogP contribution in [0.2, 0.25) is 0 Å². The van der Waals surface area contributed by atoms with Gasteiger partial charge in [-0.05, 0) is 30.9 Å². The lowest BCUT2D eigenvalue weighted by Gasteiger charge is -2.31. The van der Waals surface area contributed by atoms with Gasteiger partial charge < -0.3 is 14.6 Å². The van der Waals surface area contributed by atoms with Gasteiger partial charge in [-0.2, -0.15) is 0 Å². The lowest BCUT2D eigenvalue weighted by Crippen LogP contribution is -2.43. The van der Waals surface area contributed by atoms with Gasteiger partial charge in [0, 0.05) is 19.6 Å². The van der Waals surface area contributed by atoms with Gasteiger partial charge in [-0.1, -0.05) is 26.0 Å². The molecule has 0 spiro atoms. The van der Waals surface area contributed by atoms with Crippen LogP contribution in [0.3, 0.4) is 0 Å². The highest BCUT2D eigenvalue weighted by molar-refractivity contribution is 5.76. The first-order valence-corrected chi connectivity index (χ1v) is 8.44. The zero-order valence-electron chi connectivity index (χ0n) is 14.1. The minimum absolute atomic E-state index is 0.131. The fourth-order valence-corrected chi connectivity index (χ4v) is 3.30. The van der Waals surface area contributed by atoms with Gasteiger partial charge in [-0.3, -0.25) is 9.59 Å². The molecule has 1 unspecified atom stereocenters. The maximum Gasteiger partial charge on any atom is 0.308 e. The van der Waals surface area contributed by atoms with Crippen molar-refractivity contribution in [1.82, 2.24) is 9.55 Å². The first-order chi connectivity index (χ1) is 11.5. The van der Waals surface area contributed by atoms with E-state index in [0.29, 0.717) is 37.8 Å². The van der Waals surface area contributed by atoms with E-state index >= 15 is 0 Å². The van der Waals surface area contributed by atoms with Gasteiger partial charge in [0.1, 0.15) is 0 Å². The molecule has 1 saturated heterocycles. The molecule has 0 bridgehead atoms. The van der Waals surface area contributed by atoms with Crippen molar-refractivity contribution in [1.29, 1.82) is 0 Å². The zero-order chi connectivity index (χ0) is 17.3. The third-order valence-corrected chi connectivity index (χ3v) is 4.45. The van der Waals surface area contributed by atoms with Crippen molar-refractivity contribution in [3.63, 3.8) is 0 Å². The average Bonchev–Trinajstić information content (AvgIpc) is 2.57. The van der Waals surface area contributed by atoms with Crippen LogP contribution >= 0.6 is 0 Å². The molecule has 128 valence electrons. The smallest absolute Gasteiger partial charge is 0.308 e. The van der Waals surface area contributed by atoms with E-state index in [0.717, 1.165) is 17.5 Å². The summed E-state index contributed by atoms with van der Waals surface area (Å²) >= 11 is 0. The van der Waals surface area contributed by atoms with Crippen molar-refractivity contribution in [3.8, 4) is 0 Å². The summed E-state index contributed by atoms with van der Waals surface area (Å²) in [6, 6.07) is 7.61. The number of carboxylic acids is 1. The summed E-state index contributed by atoms with van der Waals surface area (Å²) < 4.78 is 1.77. The molecule has 1 aliphatic rings. The molecule has 1 atom stereocenters. The molecule has 6 nitrogen and oxygen atoms in total. The van der Waals surface area contributed by atoms with Crippen LogP contribution < -0.4 is 10.5 Å². The fraction of sp³-hybridized carbons (Fsp3) is 0.500. The van der Waals surface area contributed by atoms with Gasteiger partial charge in [-0.25, -0.2) is 4.98 Å². The Morgan fingerprint density at radius 2 is 2.12 bits per heavy atom. The van der Waals surface area contributed by atoms with Crippen LogP contribution in [0.5, 0.6) is 0 Å². The largest absolute Gasteiger partial charge is 0.481 e. The Labute approximate surface area is 140 Å². The Bertz CT molecular complexity index is 813. The van der Waals surface area contributed by atoms with Gasteiger partial charge in [0.05, 0.1) is 17.0 Å². The monoisotopic (exact) mass is 329 g/mol. The number of aromatic nitrogens is 2. The fourth-order valence-electron chi connectivity index (χ4n) is 3.30. The SMILES string of the molecule is CC(C)Cn1c(=O)c(N2CCCC(C(=O)O)C2)nc2ccccc21. The number of carboxylic acid groups (broad SMARTS) is 1. The van der Waals surface area contributed by atoms with Gasteiger partial charge in [-0.15, -0.1) is 0 Å². The second-order valence-electron chi connectivity index (χ2n) is 6.86. The predicted octanol–water partition coefficient (Wildman–Crippen LogP) is 2.35. The molecule has 2 aromatic rings. The molecule has 24 heavy (non-hydrogen) atoms. The minimum Gasteiger partial charge on any atom is -0.481 e. The average molecular weight is 329 g/mol. The maximum atomic E-state index is 13.0. The van der Waals surface area contributed by atoms with Gasteiger partial charge >= 0.3 is 5.97 Å². The van der Waals surface area contributed by atoms with Crippen LogP contribution in [0.4, 0.5) is 5.82 Å². The highest BCUT2D eigenvalue weighted by Gasteiger charge is 2.28. The number of hydrogen-bond donors (Lipinski definition) is 1. The lowest BCUT2D eigenvalue weighted by atomic mass is 9.98. The molecule has 3 rings (SSSR count). The molecule has 1 aliphatic heterocycles. The molecule has 6 heteroatoms. The number of anilines is 1. The third kappa shape index (κ3) is 3.13. The standard InChI is InChI=1S/C18H23N3O3/c1-12(2)10-21-15-8-4-3-7-14(15)19-16(17(21)22)20-9-5-6-13(11-20)18(23)24/h3-4,7-8,12-13H,5-6,9-11H2,1-2H3,(H,23,24). The number of rotatable bonds is 4. The van der Waals surface area contributed by atoms with E-state index in [1.54, 1.807) is 4.57 Å². The first-order valence-electron chi connectivity index (χ1n) is 8.44. The normalized spacial score (nSPS) is 18.3. The quantitative estimate of drug-likeness (QED) is 0.932. The number of aliphatic carboxylic acids is 1. The molecular weight excluding hydrogens is 306 g/mol. The van der Waals surface area contributed by atoms with Crippen LogP contribution in [0.1, 0.15) is 26.7 Å². The second-order valence-corrected chi connectivity index (χ2v) is 6.86. The number of para-hydroxylation sites is 2. The van der Waals surface area contributed by atoms with Crippen LogP contribution in [-0.2, 0) is 11.3 Å². The van der Waals surface area contributed by atoms with Crippen molar-refractivity contribution in [2.45, 2.75) is 33.2 Å². The Hall–Kier alpha value is -2.37. The number of benzene rings is 1. The molecule has 1 N–H and O–H groups in total. The van der Waals surface area contributed by atoms with Gasteiger partial charge in [0.2, 0.25) is 0 Å². The topological polar surface area (TPSA) is 75.4 Å². The second kappa shape index (κ2) is 6.63.